The number of carbonyl (C=O) groups is 2. The van der Waals surface area contributed by atoms with Crippen LogP contribution in [0.2, 0.25) is 0 Å². The number of aromatic nitrogens is 1. The van der Waals surface area contributed by atoms with Crippen LogP contribution in [0.3, 0.4) is 0 Å². The zero-order valence-electron chi connectivity index (χ0n) is 27.9. The number of sulfonamides is 1. The second kappa shape index (κ2) is 13.7. The van der Waals surface area contributed by atoms with E-state index in [1.807, 2.05) is 4.90 Å². The first-order valence-electron chi connectivity index (χ1n) is 16.4. The number of benzene rings is 2. The van der Waals surface area contributed by atoms with Crippen LogP contribution in [0, 0.1) is 0 Å². The fourth-order valence-electron chi connectivity index (χ4n) is 7.23. The number of likely N-dealkylation sites (tertiary alicyclic amines) is 1. The number of hydrogen-bond acceptors (Lipinski definition) is 10. The van der Waals surface area contributed by atoms with Crippen molar-refractivity contribution >= 4 is 27.5 Å². The maximum Gasteiger partial charge on any atom is 0.274 e. The number of nitrogens with zero attached hydrogens (tertiary/aromatic N) is 5. The van der Waals surface area contributed by atoms with E-state index in [-0.39, 0.29) is 41.1 Å². The molecule has 12 nitrogen and oxygen atoms in total. The highest BCUT2D eigenvalue weighted by atomic mass is 32.2. The molecule has 0 bridgehead atoms. The predicted molar refractivity (Wildman–Crippen MR) is 180 cm³/mol. The van der Waals surface area contributed by atoms with Gasteiger partial charge in [-0.3, -0.25) is 14.5 Å². The number of hydrogen-bond donors (Lipinski definition) is 0. The molecule has 3 aliphatic rings. The van der Waals surface area contributed by atoms with Crippen LogP contribution in [0.25, 0.3) is 0 Å². The standard InChI is InChI=1S/C35H43N5O7S/c1-5-47-33-28(10-8-16-36-33)35(24-32(41)39-17-14-25(15-18-39)38-21-19-37(2)20-22-38)27-9-6-7-11-29(27)40(34(35)42)48(43,44)31-13-12-26(45-3)23-30(31)46-4/h6-13,16,23,25H,5,14-15,17-22,24H2,1-4H3. The molecule has 2 fully saturated rings. The molecule has 4 heterocycles. The summed E-state index contributed by atoms with van der Waals surface area (Å²) in [6.07, 6.45) is 2.93. The van der Waals surface area contributed by atoms with E-state index in [0.29, 0.717) is 36.0 Å². The number of rotatable bonds is 10. The number of piperidine rings is 1. The topological polar surface area (TPSA) is 122 Å². The molecule has 1 aromatic heterocycles. The number of fused-ring (bicyclic) bond motifs is 1. The third-order valence-electron chi connectivity index (χ3n) is 9.82. The van der Waals surface area contributed by atoms with E-state index in [9.17, 15) is 13.2 Å². The van der Waals surface area contributed by atoms with Crippen molar-refractivity contribution in [3.63, 3.8) is 0 Å². The van der Waals surface area contributed by atoms with Gasteiger partial charge in [0.05, 0.1) is 26.5 Å². The Morgan fingerprint density at radius 2 is 1.65 bits per heavy atom. The van der Waals surface area contributed by atoms with E-state index in [1.54, 1.807) is 49.5 Å². The summed E-state index contributed by atoms with van der Waals surface area (Å²) in [5.74, 6) is -0.426. The van der Waals surface area contributed by atoms with Crippen molar-refractivity contribution in [1.82, 2.24) is 19.7 Å². The van der Waals surface area contributed by atoms with Gasteiger partial charge in [-0.25, -0.2) is 17.7 Å². The molecule has 2 saturated heterocycles. The molecule has 0 saturated carbocycles. The minimum absolute atomic E-state index is 0.0211. The molecule has 1 atom stereocenters. The van der Waals surface area contributed by atoms with Crippen molar-refractivity contribution in [2.45, 2.75) is 42.5 Å². The molecule has 1 unspecified atom stereocenters. The summed E-state index contributed by atoms with van der Waals surface area (Å²) >= 11 is 0. The van der Waals surface area contributed by atoms with Crippen LogP contribution >= 0.6 is 0 Å². The smallest absolute Gasteiger partial charge is 0.274 e. The van der Waals surface area contributed by atoms with Crippen LogP contribution in [0.4, 0.5) is 5.69 Å². The monoisotopic (exact) mass is 677 g/mol. The molecule has 6 rings (SSSR count). The summed E-state index contributed by atoms with van der Waals surface area (Å²) in [5.41, 5.74) is -0.841. The number of ether oxygens (including phenoxy) is 3. The molecular weight excluding hydrogens is 634 g/mol. The van der Waals surface area contributed by atoms with Gasteiger partial charge in [-0.2, -0.15) is 0 Å². The second-order valence-electron chi connectivity index (χ2n) is 12.4. The first-order valence-corrected chi connectivity index (χ1v) is 17.8. The number of piperazine rings is 1. The number of para-hydroxylation sites is 1. The van der Waals surface area contributed by atoms with E-state index in [4.69, 9.17) is 14.2 Å². The number of amides is 2. The molecule has 0 radical (unpaired) electrons. The van der Waals surface area contributed by atoms with E-state index >= 15 is 4.79 Å². The van der Waals surface area contributed by atoms with Crippen LogP contribution < -0.4 is 18.5 Å². The number of methoxy groups -OCH3 is 2. The van der Waals surface area contributed by atoms with Crippen molar-refractivity contribution < 1.29 is 32.2 Å². The van der Waals surface area contributed by atoms with Gasteiger partial charge < -0.3 is 24.0 Å². The summed E-state index contributed by atoms with van der Waals surface area (Å²) in [6.45, 7) is 7.24. The van der Waals surface area contributed by atoms with Crippen molar-refractivity contribution in [3.05, 3.63) is 71.9 Å². The number of carbonyl (C=O) groups excluding carboxylic acids is 2. The van der Waals surface area contributed by atoms with Gasteiger partial charge in [0.15, 0.2) is 0 Å². The number of pyridine rings is 1. The van der Waals surface area contributed by atoms with Gasteiger partial charge in [0.25, 0.3) is 15.9 Å². The number of anilines is 1. The molecule has 2 aromatic carbocycles. The fraction of sp³-hybridized carbons (Fsp3) is 0.457. The molecule has 3 aliphatic heterocycles. The number of likely N-dealkylation sites (N-methyl/N-ethyl adjacent to an activating group) is 1. The zero-order chi connectivity index (χ0) is 34.1. The van der Waals surface area contributed by atoms with Gasteiger partial charge in [0.1, 0.15) is 21.8 Å². The van der Waals surface area contributed by atoms with Gasteiger partial charge >= 0.3 is 0 Å². The van der Waals surface area contributed by atoms with E-state index in [2.05, 4.69) is 21.8 Å². The molecule has 0 spiro atoms. The first-order chi connectivity index (χ1) is 23.1. The highest BCUT2D eigenvalue weighted by Crippen LogP contribution is 2.52. The normalized spacial score (nSPS) is 20.9. The van der Waals surface area contributed by atoms with Gasteiger partial charge in [-0.1, -0.05) is 24.3 Å². The molecule has 2 amide bonds. The highest BCUT2D eigenvalue weighted by molar-refractivity contribution is 7.93. The van der Waals surface area contributed by atoms with E-state index < -0.39 is 21.3 Å². The first kappa shape index (κ1) is 33.7. The Morgan fingerprint density at radius 3 is 2.33 bits per heavy atom. The van der Waals surface area contributed by atoms with Crippen LogP contribution in [-0.4, -0.2) is 113 Å². The summed E-state index contributed by atoms with van der Waals surface area (Å²) < 4.78 is 46.6. The fourth-order valence-corrected chi connectivity index (χ4v) is 8.86. The second-order valence-corrected chi connectivity index (χ2v) is 14.2. The molecule has 13 heteroatoms. The maximum absolute atomic E-state index is 15.1. The van der Waals surface area contributed by atoms with Gasteiger partial charge in [-0.05, 0) is 56.6 Å². The van der Waals surface area contributed by atoms with Gasteiger partial charge in [0.2, 0.25) is 11.8 Å². The zero-order valence-corrected chi connectivity index (χ0v) is 28.7. The molecule has 256 valence electrons. The average Bonchev–Trinajstić information content (AvgIpc) is 3.36. The predicted octanol–water partition coefficient (Wildman–Crippen LogP) is 3.15. The summed E-state index contributed by atoms with van der Waals surface area (Å²) in [6, 6.07) is 14.8. The Hall–Kier alpha value is -4.20. The molecule has 0 N–H and O–H groups in total. The SMILES string of the molecule is CCOc1ncccc1C1(CC(=O)N2CCC(N3CCN(C)CC3)CC2)C(=O)N(S(=O)(=O)c2ccc(OC)cc2OC)c2ccccc21. The van der Waals surface area contributed by atoms with Crippen molar-refractivity contribution in [2.75, 3.05) is 71.4 Å². The van der Waals surface area contributed by atoms with E-state index in [0.717, 1.165) is 43.3 Å². The van der Waals surface area contributed by atoms with Crippen molar-refractivity contribution in [3.8, 4) is 17.4 Å². The van der Waals surface area contributed by atoms with Crippen LogP contribution in [0.15, 0.2) is 65.7 Å². The van der Waals surface area contributed by atoms with Gasteiger partial charge in [0, 0.05) is 69.6 Å². The highest BCUT2D eigenvalue weighted by Gasteiger charge is 2.58. The van der Waals surface area contributed by atoms with Crippen molar-refractivity contribution in [2.24, 2.45) is 0 Å². The van der Waals surface area contributed by atoms with Crippen molar-refractivity contribution in [1.29, 1.82) is 0 Å². The lowest BCUT2D eigenvalue weighted by Gasteiger charge is -2.42. The third kappa shape index (κ3) is 5.88. The summed E-state index contributed by atoms with van der Waals surface area (Å²) in [7, 11) is 0.406. The largest absolute Gasteiger partial charge is 0.497 e. The lowest BCUT2D eigenvalue weighted by Crippen LogP contribution is -2.53. The Bertz CT molecular complexity index is 1770. The quantitative estimate of drug-likeness (QED) is 0.317. The Kier molecular flexibility index (Phi) is 9.64. The Balaban J connectivity index is 1.41. The van der Waals surface area contributed by atoms with E-state index in [1.165, 1.54) is 32.4 Å². The molecule has 0 aliphatic carbocycles. The third-order valence-corrected chi connectivity index (χ3v) is 11.6. The average molecular weight is 678 g/mol. The molecule has 3 aromatic rings. The molecular formula is C35H43N5O7S. The minimum Gasteiger partial charge on any atom is -0.497 e. The molecule has 48 heavy (non-hydrogen) atoms. The summed E-state index contributed by atoms with van der Waals surface area (Å²) in [4.78, 5) is 40.4. The lowest BCUT2D eigenvalue weighted by molar-refractivity contribution is -0.136. The minimum atomic E-state index is -4.55. The Labute approximate surface area is 282 Å². The Morgan fingerprint density at radius 1 is 0.938 bits per heavy atom. The summed E-state index contributed by atoms with van der Waals surface area (Å²) in [5, 5.41) is 0. The van der Waals surface area contributed by atoms with Crippen LogP contribution in [0.5, 0.6) is 17.4 Å². The van der Waals surface area contributed by atoms with Crippen LogP contribution in [-0.2, 0) is 25.0 Å². The van der Waals surface area contributed by atoms with Gasteiger partial charge in [-0.15, -0.1) is 0 Å². The maximum atomic E-state index is 15.1. The van der Waals surface area contributed by atoms with Crippen LogP contribution in [0.1, 0.15) is 37.3 Å². The lowest BCUT2D eigenvalue weighted by atomic mass is 9.72.